The third-order valence-corrected chi connectivity index (χ3v) is 5.02. The van der Waals surface area contributed by atoms with Gasteiger partial charge in [0.15, 0.2) is 0 Å². The van der Waals surface area contributed by atoms with Crippen molar-refractivity contribution in [2.24, 2.45) is 11.8 Å². The largest absolute Gasteiger partial charge is 0.342 e. The van der Waals surface area contributed by atoms with Gasteiger partial charge in [-0.3, -0.25) is 4.79 Å². The molecule has 1 aromatic rings. The molecule has 2 heterocycles. The number of carbonyl (C=O) groups excluding carboxylic acids is 1. The molecular formula is C15H22N2OS. The molecular weight excluding hydrogens is 256 g/mol. The van der Waals surface area contributed by atoms with E-state index in [-0.39, 0.29) is 0 Å². The number of carbonyl (C=O) groups is 1. The van der Waals surface area contributed by atoms with Crippen molar-refractivity contribution in [3.8, 4) is 0 Å². The molecule has 2 fully saturated rings. The Labute approximate surface area is 119 Å². The van der Waals surface area contributed by atoms with Gasteiger partial charge in [-0.25, -0.2) is 0 Å². The molecule has 3 rings (SSSR count). The second-order valence-electron chi connectivity index (χ2n) is 5.94. The third-order valence-electron chi connectivity index (χ3n) is 4.29. The van der Waals surface area contributed by atoms with Crippen LogP contribution in [0.5, 0.6) is 0 Å². The standard InChI is InChI=1S/C15H22N2OS/c1-11-9-17(15(18)13-2-3-13)6-4-14(11)16-8-12-5-7-19-10-12/h5,7,10-11,13-14,16H,2-4,6,8-9H2,1H3/t11-,14+/m0/s1. The Morgan fingerprint density at radius 1 is 1.47 bits per heavy atom. The first kappa shape index (κ1) is 13.1. The molecule has 104 valence electrons. The van der Waals surface area contributed by atoms with Crippen LogP contribution in [0.3, 0.4) is 0 Å². The maximum Gasteiger partial charge on any atom is 0.225 e. The molecule has 1 aromatic heterocycles. The van der Waals surface area contributed by atoms with Gasteiger partial charge in [-0.15, -0.1) is 0 Å². The zero-order valence-corrected chi connectivity index (χ0v) is 12.3. The minimum atomic E-state index is 0.363. The maximum absolute atomic E-state index is 12.1. The van der Waals surface area contributed by atoms with E-state index in [2.05, 4.69) is 34.0 Å². The summed E-state index contributed by atoms with van der Waals surface area (Å²) >= 11 is 1.75. The van der Waals surface area contributed by atoms with Crippen molar-refractivity contribution < 1.29 is 4.79 Å². The topological polar surface area (TPSA) is 32.3 Å². The molecule has 1 amide bonds. The van der Waals surface area contributed by atoms with Crippen molar-refractivity contribution >= 4 is 17.2 Å². The van der Waals surface area contributed by atoms with Crippen molar-refractivity contribution in [3.63, 3.8) is 0 Å². The molecule has 19 heavy (non-hydrogen) atoms. The highest BCUT2D eigenvalue weighted by molar-refractivity contribution is 7.07. The van der Waals surface area contributed by atoms with Crippen molar-refractivity contribution in [3.05, 3.63) is 22.4 Å². The Kier molecular flexibility index (Phi) is 3.89. The molecule has 0 unspecified atom stereocenters. The number of nitrogens with zero attached hydrogens (tertiary/aromatic N) is 1. The zero-order chi connectivity index (χ0) is 13.2. The van der Waals surface area contributed by atoms with Crippen LogP contribution in [0.2, 0.25) is 0 Å². The summed E-state index contributed by atoms with van der Waals surface area (Å²) in [6, 6.07) is 2.72. The first-order valence-electron chi connectivity index (χ1n) is 7.27. The summed E-state index contributed by atoms with van der Waals surface area (Å²) in [6.07, 6.45) is 3.32. The van der Waals surface area contributed by atoms with Crippen LogP contribution < -0.4 is 5.32 Å². The van der Waals surface area contributed by atoms with E-state index in [9.17, 15) is 4.79 Å². The van der Waals surface area contributed by atoms with Gasteiger partial charge in [0, 0.05) is 31.6 Å². The zero-order valence-electron chi connectivity index (χ0n) is 11.5. The molecule has 0 radical (unpaired) electrons. The van der Waals surface area contributed by atoms with Crippen LogP contribution in [0.1, 0.15) is 31.7 Å². The van der Waals surface area contributed by atoms with Crippen molar-refractivity contribution in [1.29, 1.82) is 0 Å². The van der Waals surface area contributed by atoms with Gasteiger partial charge in [0.25, 0.3) is 0 Å². The van der Waals surface area contributed by atoms with Gasteiger partial charge in [0.2, 0.25) is 5.91 Å². The highest BCUT2D eigenvalue weighted by Gasteiger charge is 2.36. The lowest BCUT2D eigenvalue weighted by molar-refractivity contribution is -0.134. The van der Waals surface area contributed by atoms with Crippen molar-refractivity contribution in [2.75, 3.05) is 13.1 Å². The van der Waals surface area contributed by atoms with Gasteiger partial charge in [-0.05, 0) is 47.6 Å². The minimum absolute atomic E-state index is 0.363. The number of piperidine rings is 1. The molecule has 1 N–H and O–H groups in total. The van der Waals surface area contributed by atoms with Gasteiger partial charge in [0.05, 0.1) is 0 Å². The van der Waals surface area contributed by atoms with E-state index in [0.717, 1.165) is 38.9 Å². The Hall–Kier alpha value is -0.870. The fourth-order valence-corrected chi connectivity index (χ4v) is 3.55. The van der Waals surface area contributed by atoms with Gasteiger partial charge in [-0.1, -0.05) is 6.92 Å². The fourth-order valence-electron chi connectivity index (χ4n) is 2.88. The number of thiophene rings is 1. The lowest BCUT2D eigenvalue weighted by Crippen LogP contribution is -2.50. The average Bonchev–Trinajstić information content (AvgIpc) is 3.13. The average molecular weight is 278 g/mol. The predicted molar refractivity (Wildman–Crippen MR) is 78.0 cm³/mol. The van der Waals surface area contributed by atoms with Crippen LogP contribution in [-0.4, -0.2) is 29.9 Å². The second kappa shape index (κ2) is 5.63. The molecule has 1 aliphatic carbocycles. The molecule has 2 atom stereocenters. The Bertz CT molecular complexity index is 427. The fraction of sp³-hybridized carbons (Fsp3) is 0.667. The van der Waals surface area contributed by atoms with Crippen molar-refractivity contribution in [1.82, 2.24) is 10.2 Å². The van der Waals surface area contributed by atoms with E-state index in [1.54, 1.807) is 11.3 Å². The summed E-state index contributed by atoms with van der Waals surface area (Å²) in [5, 5.41) is 7.97. The van der Waals surface area contributed by atoms with Crippen LogP contribution in [0.15, 0.2) is 16.8 Å². The van der Waals surface area contributed by atoms with E-state index in [4.69, 9.17) is 0 Å². The third kappa shape index (κ3) is 3.18. The quantitative estimate of drug-likeness (QED) is 0.917. The van der Waals surface area contributed by atoms with Crippen LogP contribution in [0.25, 0.3) is 0 Å². The molecule has 1 saturated heterocycles. The monoisotopic (exact) mass is 278 g/mol. The molecule has 3 nitrogen and oxygen atoms in total. The van der Waals surface area contributed by atoms with E-state index in [0.29, 0.717) is 23.8 Å². The molecule has 1 aliphatic heterocycles. The number of likely N-dealkylation sites (tertiary alicyclic amines) is 1. The highest BCUT2D eigenvalue weighted by atomic mass is 32.1. The number of amides is 1. The highest BCUT2D eigenvalue weighted by Crippen LogP contribution is 2.32. The molecule has 0 bridgehead atoms. The molecule has 1 saturated carbocycles. The summed E-state index contributed by atoms with van der Waals surface area (Å²) in [5.74, 6) is 1.32. The van der Waals surface area contributed by atoms with Crippen LogP contribution in [0, 0.1) is 11.8 Å². The summed E-state index contributed by atoms with van der Waals surface area (Å²) < 4.78 is 0. The number of hydrogen-bond donors (Lipinski definition) is 1. The smallest absolute Gasteiger partial charge is 0.225 e. The number of rotatable bonds is 4. The van der Waals surface area contributed by atoms with E-state index >= 15 is 0 Å². The predicted octanol–water partition coefficient (Wildman–Crippen LogP) is 2.48. The second-order valence-corrected chi connectivity index (χ2v) is 6.72. The van der Waals surface area contributed by atoms with Gasteiger partial charge in [-0.2, -0.15) is 11.3 Å². The SMILES string of the molecule is C[C@H]1CN(C(=O)C2CC2)CC[C@H]1NCc1ccsc1. The molecule has 4 heteroatoms. The number of hydrogen-bond acceptors (Lipinski definition) is 3. The summed E-state index contributed by atoms with van der Waals surface area (Å²) in [7, 11) is 0. The first-order valence-corrected chi connectivity index (χ1v) is 8.21. The maximum atomic E-state index is 12.1. The van der Waals surface area contributed by atoms with Crippen LogP contribution in [0.4, 0.5) is 0 Å². The summed E-state index contributed by atoms with van der Waals surface area (Å²) in [4.78, 5) is 14.2. The Morgan fingerprint density at radius 2 is 2.32 bits per heavy atom. The van der Waals surface area contributed by atoms with Crippen LogP contribution in [-0.2, 0) is 11.3 Å². The van der Waals surface area contributed by atoms with E-state index in [1.165, 1.54) is 5.56 Å². The minimum Gasteiger partial charge on any atom is -0.342 e. The van der Waals surface area contributed by atoms with Crippen LogP contribution >= 0.6 is 11.3 Å². The van der Waals surface area contributed by atoms with Gasteiger partial charge < -0.3 is 10.2 Å². The Morgan fingerprint density at radius 3 is 2.95 bits per heavy atom. The summed E-state index contributed by atoms with van der Waals surface area (Å²) in [5.41, 5.74) is 1.37. The first-order chi connectivity index (χ1) is 9.24. The normalized spacial score (nSPS) is 27.5. The Balaban J connectivity index is 1.48. The molecule has 0 aromatic carbocycles. The van der Waals surface area contributed by atoms with Gasteiger partial charge >= 0.3 is 0 Å². The van der Waals surface area contributed by atoms with E-state index in [1.807, 2.05) is 0 Å². The number of nitrogens with one attached hydrogen (secondary N) is 1. The van der Waals surface area contributed by atoms with E-state index < -0.39 is 0 Å². The van der Waals surface area contributed by atoms with Gasteiger partial charge in [0.1, 0.15) is 0 Å². The molecule has 0 spiro atoms. The summed E-state index contributed by atoms with van der Waals surface area (Å²) in [6.45, 7) is 5.07. The lowest BCUT2D eigenvalue weighted by Gasteiger charge is -2.37. The van der Waals surface area contributed by atoms with Crippen molar-refractivity contribution in [2.45, 2.75) is 38.8 Å². The molecule has 2 aliphatic rings. The lowest BCUT2D eigenvalue weighted by atomic mass is 9.93.